The fraction of sp³-hybridized carbons (Fsp3) is 0.533. The number of rotatable bonds is 5. The zero-order valence-electron chi connectivity index (χ0n) is 13.1. The highest BCUT2D eigenvalue weighted by molar-refractivity contribution is 8.15. The van der Waals surface area contributed by atoms with E-state index in [1.807, 2.05) is 18.4 Å². The molecule has 2 heterocycles. The number of hydrogen-bond acceptors (Lipinski definition) is 5. The van der Waals surface area contributed by atoms with Gasteiger partial charge in [-0.3, -0.25) is 14.8 Å². The topological polar surface area (TPSA) is 45.6 Å². The minimum atomic E-state index is -0.438. The summed E-state index contributed by atoms with van der Waals surface area (Å²) in [5, 5.41) is 0.656. The maximum atomic E-state index is 12.5. The average Bonchev–Trinajstić information content (AvgIpc) is 2.89. The first kappa shape index (κ1) is 17.6. The molecule has 22 heavy (non-hydrogen) atoms. The third kappa shape index (κ3) is 4.18. The summed E-state index contributed by atoms with van der Waals surface area (Å²) in [5.41, 5.74) is 0.498. The van der Waals surface area contributed by atoms with Crippen LogP contribution in [-0.2, 0) is 4.79 Å². The van der Waals surface area contributed by atoms with E-state index in [-0.39, 0.29) is 16.0 Å². The lowest BCUT2D eigenvalue weighted by Gasteiger charge is -2.29. The Kier molecular flexibility index (Phi) is 5.80. The fourth-order valence-electron chi connectivity index (χ4n) is 1.98. The Balaban J connectivity index is 2.04. The van der Waals surface area contributed by atoms with Crippen molar-refractivity contribution >= 4 is 46.1 Å². The minimum absolute atomic E-state index is 0.0799. The second-order valence-electron chi connectivity index (χ2n) is 5.70. The molecular weight excluding hydrogens is 338 g/mol. The standard InChI is InChI=1S/C15H20ClN3OS2/c1-15(2,21-4)8-11(20)19(3)14-12(16)18-13(22-14)10-6-5-7-17-9-10/h5-7,9,12,14H,8H2,1-4H3. The second kappa shape index (κ2) is 7.23. The van der Waals surface area contributed by atoms with Crippen LogP contribution in [0.15, 0.2) is 29.5 Å². The number of carbonyl (C=O) groups is 1. The van der Waals surface area contributed by atoms with Crippen molar-refractivity contribution < 1.29 is 4.79 Å². The van der Waals surface area contributed by atoms with Crippen LogP contribution < -0.4 is 0 Å². The van der Waals surface area contributed by atoms with Crippen LogP contribution in [0.2, 0.25) is 0 Å². The second-order valence-corrected chi connectivity index (χ2v) is 8.77. The fourth-order valence-corrected chi connectivity index (χ4v) is 3.83. The number of amides is 1. The molecule has 0 spiro atoms. The van der Waals surface area contributed by atoms with Crippen molar-refractivity contribution in [1.29, 1.82) is 0 Å². The van der Waals surface area contributed by atoms with Crippen molar-refractivity contribution in [2.45, 2.75) is 35.9 Å². The van der Waals surface area contributed by atoms with Crippen molar-refractivity contribution in [2.24, 2.45) is 4.99 Å². The van der Waals surface area contributed by atoms with Gasteiger partial charge in [-0.25, -0.2) is 0 Å². The summed E-state index contributed by atoms with van der Waals surface area (Å²) < 4.78 is -0.0799. The van der Waals surface area contributed by atoms with Gasteiger partial charge in [0.25, 0.3) is 0 Å². The molecule has 7 heteroatoms. The largest absolute Gasteiger partial charge is 0.330 e. The average molecular weight is 358 g/mol. The highest BCUT2D eigenvalue weighted by Gasteiger charge is 2.36. The van der Waals surface area contributed by atoms with Crippen molar-refractivity contribution in [2.75, 3.05) is 13.3 Å². The molecule has 0 aromatic carbocycles. The van der Waals surface area contributed by atoms with Crippen LogP contribution in [0.1, 0.15) is 25.8 Å². The van der Waals surface area contributed by atoms with Gasteiger partial charge < -0.3 is 4.90 Å². The van der Waals surface area contributed by atoms with Gasteiger partial charge in [0.1, 0.15) is 10.4 Å². The lowest BCUT2D eigenvalue weighted by Crippen LogP contribution is -2.40. The summed E-state index contributed by atoms with van der Waals surface area (Å²) in [6.07, 6.45) is 5.98. The maximum Gasteiger partial charge on any atom is 0.224 e. The molecule has 0 saturated carbocycles. The summed E-state index contributed by atoms with van der Waals surface area (Å²) >= 11 is 9.55. The van der Waals surface area contributed by atoms with Crippen molar-refractivity contribution in [3.05, 3.63) is 30.1 Å². The molecule has 1 aromatic rings. The zero-order valence-corrected chi connectivity index (χ0v) is 15.5. The van der Waals surface area contributed by atoms with Gasteiger partial charge in [0.2, 0.25) is 5.91 Å². The lowest BCUT2D eigenvalue weighted by molar-refractivity contribution is -0.130. The van der Waals surface area contributed by atoms with Gasteiger partial charge in [0.15, 0.2) is 5.50 Å². The van der Waals surface area contributed by atoms with Crippen LogP contribution in [0.4, 0.5) is 0 Å². The molecule has 2 rings (SSSR count). The molecule has 120 valence electrons. The maximum absolute atomic E-state index is 12.5. The quantitative estimate of drug-likeness (QED) is 0.598. The van der Waals surface area contributed by atoms with E-state index >= 15 is 0 Å². The smallest absolute Gasteiger partial charge is 0.224 e. The van der Waals surface area contributed by atoms with Gasteiger partial charge in [0, 0.05) is 36.2 Å². The predicted molar refractivity (Wildman–Crippen MR) is 96.8 cm³/mol. The van der Waals surface area contributed by atoms with Crippen molar-refractivity contribution in [3.8, 4) is 0 Å². The van der Waals surface area contributed by atoms with E-state index in [4.69, 9.17) is 11.6 Å². The molecule has 1 aliphatic rings. The normalized spacial score (nSPS) is 21.6. The molecule has 0 fully saturated rings. The Bertz CT molecular complexity index is 565. The van der Waals surface area contributed by atoms with Gasteiger partial charge in [0.05, 0.1) is 0 Å². The first-order valence-corrected chi connectivity index (χ1v) is 9.48. The van der Waals surface area contributed by atoms with Gasteiger partial charge in [-0.05, 0) is 18.4 Å². The van der Waals surface area contributed by atoms with E-state index in [0.717, 1.165) is 10.6 Å². The Morgan fingerprint density at radius 2 is 2.27 bits per heavy atom. The molecule has 0 bridgehead atoms. The molecule has 0 radical (unpaired) electrons. The number of likely N-dealkylation sites (N-methyl/N-ethyl adjacent to an activating group) is 1. The molecular formula is C15H20ClN3OS2. The van der Waals surface area contributed by atoms with Crippen LogP contribution in [-0.4, -0.2) is 49.8 Å². The molecule has 0 saturated heterocycles. The van der Waals surface area contributed by atoms with Crippen LogP contribution in [0.5, 0.6) is 0 Å². The van der Waals surface area contributed by atoms with Gasteiger partial charge in [-0.2, -0.15) is 11.8 Å². The molecule has 4 nitrogen and oxygen atoms in total. The summed E-state index contributed by atoms with van der Waals surface area (Å²) in [6, 6.07) is 3.81. The molecule has 2 unspecified atom stereocenters. The summed E-state index contributed by atoms with van der Waals surface area (Å²) in [5.74, 6) is 0.0881. The molecule has 1 aromatic heterocycles. The number of nitrogens with zero attached hydrogens (tertiary/aromatic N) is 3. The van der Waals surface area contributed by atoms with Crippen molar-refractivity contribution in [1.82, 2.24) is 9.88 Å². The number of thioether (sulfide) groups is 2. The third-order valence-corrected chi connectivity index (χ3v) is 6.64. The molecule has 1 amide bonds. The third-order valence-electron chi connectivity index (χ3n) is 3.52. The van der Waals surface area contributed by atoms with Crippen LogP contribution in [0.3, 0.4) is 0 Å². The molecule has 1 aliphatic heterocycles. The highest BCUT2D eigenvalue weighted by Crippen LogP contribution is 2.35. The monoisotopic (exact) mass is 357 g/mol. The predicted octanol–water partition coefficient (Wildman–Crippen LogP) is 3.46. The number of halogens is 1. The molecule has 2 atom stereocenters. The Labute approximate surface area is 145 Å². The van der Waals surface area contributed by atoms with Crippen LogP contribution >= 0.6 is 35.1 Å². The number of carbonyl (C=O) groups excluding carboxylic acids is 1. The Morgan fingerprint density at radius 3 is 2.86 bits per heavy atom. The van der Waals surface area contributed by atoms with E-state index in [1.54, 1.807) is 36.1 Å². The Morgan fingerprint density at radius 1 is 1.55 bits per heavy atom. The number of alkyl halides is 1. The molecule has 0 aliphatic carbocycles. The van der Waals surface area contributed by atoms with E-state index in [9.17, 15) is 4.79 Å². The SMILES string of the molecule is CSC(C)(C)CC(=O)N(C)C1SC(c2cccnc2)=NC1Cl. The van der Waals surface area contributed by atoms with Gasteiger partial charge >= 0.3 is 0 Å². The summed E-state index contributed by atoms with van der Waals surface area (Å²) in [4.78, 5) is 22.8. The number of hydrogen-bond donors (Lipinski definition) is 0. The van der Waals surface area contributed by atoms with Gasteiger partial charge in [-0.1, -0.05) is 37.2 Å². The number of aliphatic imine (C=N–C) groups is 1. The van der Waals surface area contributed by atoms with Crippen LogP contribution in [0.25, 0.3) is 0 Å². The minimum Gasteiger partial charge on any atom is -0.330 e. The van der Waals surface area contributed by atoms with Crippen LogP contribution in [0, 0.1) is 0 Å². The van der Waals surface area contributed by atoms with E-state index in [0.29, 0.717) is 6.42 Å². The van der Waals surface area contributed by atoms with E-state index in [1.165, 1.54) is 11.8 Å². The van der Waals surface area contributed by atoms with E-state index < -0.39 is 5.50 Å². The molecule has 0 N–H and O–H groups in total. The first-order chi connectivity index (χ1) is 10.3. The highest BCUT2D eigenvalue weighted by atomic mass is 35.5. The zero-order chi connectivity index (χ0) is 16.3. The first-order valence-electron chi connectivity index (χ1n) is 6.94. The number of aromatic nitrogens is 1. The summed E-state index contributed by atoms with van der Waals surface area (Å²) in [6.45, 7) is 4.14. The summed E-state index contributed by atoms with van der Waals surface area (Å²) in [7, 11) is 1.80. The Hall–Kier alpha value is -0.720. The van der Waals surface area contributed by atoms with E-state index in [2.05, 4.69) is 23.8 Å². The van der Waals surface area contributed by atoms with Crippen molar-refractivity contribution in [3.63, 3.8) is 0 Å². The number of pyridine rings is 1. The van der Waals surface area contributed by atoms with Gasteiger partial charge in [-0.15, -0.1) is 0 Å². The lowest BCUT2D eigenvalue weighted by atomic mass is 10.1.